The maximum atomic E-state index is 11.8. The van der Waals surface area contributed by atoms with Gasteiger partial charge in [0.25, 0.3) is 5.95 Å². The Morgan fingerprint density at radius 3 is 2.31 bits per heavy atom. The number of aromatic carboxylic acids is 1. The van der Waals surface area contributed by atoms with Crippen molar-refractivity contribution < 1.29 is 9.90 Å². The van der Waals surface area contributed by atoms with Gasteiger partial charge in [0.15, 0.2) is 0 Å². The van der Waals surface area contributed by atoms with Crippen molar-refractivity contribution in [2.45, 2.75) is 13.8 Å². The summed E-state index contributed by atoms with van der Waals surface area (Å²) < 4.78 is 0. The Labute approximate surface area is 185 Å². The minimum atomic E-state index is -1.05. The first-order valence-electron chi connectivity index (χ1n) is 9.98. The maximum Gasteiger partial charge on any atom is 0.336 e. The van der Waals surface area contributed by atoms with Crippen molar-refractivity contribution in [1.82, 2.24) is 9.97 Å². The monoisotopic (exact) mass is 423 g/mol. The minimum absolute atomic E-state index is 0.0742. The summed E-state index contributed by atoms with van der Waals surface area (Å²) in [6.45, 7) is 3.90. The predicted molar refractivity (Wildman–Crippen MR) is 126 cm³/mol. The SMILES string of the molecule is Cc1ccc2nc(/N=C(N)/N=C(\c3ccccc3)c3ccccc3C(=O)O)nc(C)c2c1. The fourth-order valence-electron chi connectivity index (χ4n) is 3.42. The van der Waals surface area contributed by atoms with Gasteiger partial charge in [0, 0.05) is 16.5 Å². The maximum absolute atomic E-state index is 11.8. The smallest absolute Gasteiger partial charge is 0.336 e. The lowest BCUT2D eigenvalue weighted by Gasteiger charge is -2.10. The van der Waals surface area contributed by atoms with E-state index in [1.807, 2.05) is 62.4 Å². The van der Waals surface area contributed by atoms with Crippen molar-refractivity contribution >= 4 is 34.5 Å². The normalized spacial score (nSPS) is 12.2. The number of aromatic nitrogens is 2. The highest BCUT2D eigenvalue weighted by Gasteiger charge is 2.16. The third kappa shape index (κ3) is 4.37. The van der Waals surface area contributed by atoms with Crippen LogP contribution in [-0.4, -0.2) is 32.7 Å². The van der Waals surface area contributed by atoms with Crippen LogP contribution in [0.15, 0.2) is 82.8 Å². The summed E-state index contributed by atoms with van der Waals surface area (Å²) in [4.78, 5) is 29.5. The summed E-state index contributed by atoms with van der Waals surface area (Å²) in [6.07, 6.45) is 0. The van der Waals surface area contributed by atoms with E-state index in [1.165, 1.54) is 6.07 Å². The average molecular weight is 423 g/mol. The summed E-state index contributed by atoms with van der Waals surface area (Å²) in [7, 11) is 0. The van der Waals surface area contributed by atoms with E-state index in [4.69, 9.17) is 5.73 Å². The van der Waals surface area contributed by atoms with Crippen LogP contribution in [0.5, 0.6) is 0 Å². The van der Waals surface area contributed by atoms with Gasteiger partial charge in [-0.05, 0) is 32.0 Å². The van der Waals surface area contributed by atoms with Crippen molar-refractivity contribution in [2.75, 3.05) is 0 Å². The molecule has 1 heterocycles. The topological polar surface area (TPSA) is 114 Å². The average Bonchev–Trinajstić information content (AvgIpc) is 2.78. The lowest BCUT2D eigenvalue weighted by molar-refractivity contribution is 0.0696. The molecule has 7 heteroatoms. The van der Waals surface area contributed by atoms with Gasteiger partial charge in [-0.2, -0.15) is 4.99 Å². The molecule has 0 aliphatic rings. The molecular formula is C25H21N5O2. The molecule has 158 valence electrons. The van der Waals surface area contributed by atoms with Crippen LogP contribution >= 0.6 is 0 Å². The number of benzene rings is 3. The third-order valence-electron chi connectivity index (χ3n) is 4.93. The van der Waals surface area contributed by atoms with Gasteiger partial charge in [-0.25, -0.2) is 19.8 Å². The van der Waals surface area contributed by atoms with E-state index in [-0.39, 0.29) is 17.5 Å². The molecule has 0 atom stereocenters. The highest BCUT2D eigenvalue weighted by molar-refractivity contribution is 6.20. The zero-order chi connectivity index (χ0) is 22.7. The third-order valence-corrected chi connectivity index (χ3v) is 4.93. The van der Waals surface area contributed by atoms with Crippen LogP contribution in [0.3, 0.4) is 0 Å². The molecule has 3 aromatic carbocycles. The van der Waals surface area contributed by atoms with Gasteiger partial charge in [-0.1, -0.05) is 60.2 Å². The molecule has 32 heavy (non-hydrogen) atoms. The van der Waals surface area contributed by atoms with Gasteiger partial charge in [0.05, 0.1) is 22.5 Å². The number of guanidine groups is 1. The van der Waals surface area contributed by atoms with Crippen molar-refractivity contribution in [3.8, 4) is 0 Å². The Hall–Kier alpha value is -4.39. The number of rotatable bonds is 4. The second-order valence-corrected chi connectivity index (χ2v) is 7.28. The van der Waals surface area contributed by atoms with Gasteiger partial charge in [-0.3, -0.25) is 0 Å². The van der Waals surface area contributed by atoms with Gasteiger partial charge in [-0.15, -0.1) is 0 Å². The van der Waals surface area contributed by atoms with E-state index in [0.717, 1.165) is 22.2 Å². The molecule has 4 aromatic rings. The zero-order valence-corrected chi connectivity index (χ0v) is 17.6. The first kappa shape index (κ1) is 20.9. The quantitative estimate of drug-likeness (QED) is 0.372. The molecule has 7 nitrogen and oxygen atoms in total. The van der Waals surface area contributed by atoms with Crippen molar-refractivity contribution in [1.29, 1.82) is 0 Å². The van der Waals surface area contributed by atoms with Crippen LogP contribution in [0.4, 0.5) is 5.95 Å². The Bertz CT molecular complexity index is 1380. The Balaban J connectivity index is 1.84. The number of hydrogen-bond acceptors (Lipinski definition) is 4. The number of nitrogens with zero attached hydrogens (tertiary/aromatic N) is 4. The lowest BCUT2D eigenvalue weighted by atomic mass is 9.97. The van der Waals surface area contributed by atoms with E-state index in [9.17, 15) is 9.90 Å². The largest absolute Gasteiger partial charge is 0.478 e. The van der Waals surface area contributed by atoms with Crippen LogP contribution in [0, 0.1) is 13.8 Å². The molecule has 1 aromatic heterocycles. The van der Waals surface area contributed by atoms with E-state index < -0.39 is 5.97 Å². The molecule has 4 rings (SSSR count). The summed E-state index contributed by atoms with van der Waals surface area (Å²) in [6, 6.07) is 21.8. The number of nitrogens with two attached hydrogens (primary N) is 1. The van der Waals surface area contributed by atoms with E-state index in [1.54, 1.807) is 18.2 Å². The Morgan fingerprint density at radius 1 is 0.906 bits per heavy atom. The highest BCUT2D eigenvalue weighted by Crippen LogP contribution is 2.20. The van der Waals surface area contributed by atoms with Crippen molar-refractivity contribution in [3.63, 3.8) is 0 Å². The fraction of sp³-hybridized carbons (Fsp3) is 0.0800. The first-order chi connectivity index (χ1) is 15.4. The van der Waals surface area contributed by atoms with E-state index in [2.05, 4.69) is 20.0 Å². The molecule has 0 amide bonds. The fourth-order valence-corrected chi connectivity index (χ4v) is 3.42. The second-order valence-electron chi connectivity index (χ2n) is 7.28. The van der Waals surface area contributed by atoms with Gasteiger partial charge >= 0.3 is 5.97 Å². The van der Waals surface area contributed by atoms with Crippen molar-refractivity contribution in [2.24, 2.45) is 15.7 Å². The number of aliphatic imine (C=N–C) groups is 2. The number of carboxylic acid groups (broad SMARTS) is 1. The molecule has 0 spiro atoms. The first-order valence-corrected chi connectivity index (χ1v) is 9.98. The molecule has 0 saturated carbocycles. The molecule has 0 aliphatic heterocycles. The van der Waals surface area contributed by atoms with Gasteiger partial charge in [0.1, 0.15) is 0 Å². The van der Waals surface area contributed by atoms with Gasteiger partial charge < -0.3 is 10.8 Å². The summed E-state index contributed by atoms with van der Waals surface area (Å²) in [5, 5.41) is 10.6. The molecule has 3 N–H and O–H groups in total. The Kier molecular flexibility index (Phi) is 5.72. The van der Waals surface area contributed by atoms with Crippen LogP contribution < -0.4 is 5.73 Å². The number of fused-ring (bicyclic) bond motifs is 1. The lowest BCUT2D eigenvalue weighted by Crippen LogP contribution is -2.16. The van der Waals surface area contributed by atoms with E-state index >= 15 is 0 Å². The van der Waals surface area contributed by atoms with Crippen LogP contribution in [0.25, 0.3) is 10.9 Å². The Morgan fingerprint density at radius 2 is 1.59 bits per heavy atom. The molecule has 0 saturated heterocycles. The van der Waals surface area contributed by atoms with E-state index in [0.29, 0.717) is 16.8 Å². The summed E-state index contributed by atoms with van der Waals surface area (Å²) in [5.41, 5.74) is 10.5. The number of carbonyl (C=O) groups is 1. The van der Waals surface area contributed by atoms with Gasteiger partial charge in [0.2, 0.25) is 5.96 Å². The zero-order valence-electron chi connectivity index (χ0n) is 17.6. The second kappa shape index (κ2) is 8.77. The molecule has 0 unspecified atom stereocenters. The molecule has 0 radical (unpaired) electrons. The number of aryl methyl sites for hydroxylation is 2. The minimum Gasteiger partial charge on any atom is -0.478 e. The molecule has 0 fully saturated rings. The van der Waals surface area contributed by atoms with Crippen LogP contribution in [0.2, 0.25) is 0 Å². The summed E-state index contributed by atoms with van der Waals surface area (Å²) in [5.74, 6) is -0.933. The highest BCUT2D eigenvalue weighted by atomic mass is 16.4. The van der Waals surface area contributed by atoms with Crippen molar-refractivity contribution in [3.05, 3.63) is 101 Å². The molecule has 0 aliphatic carbocycles. The number of carboxylic acids is 1. The summed E-state index contributed by atoms with van der Waals surface area (Å²) >= 11 is 0. The molecular weight excluding hydrogens is 402 g/mol. The standard InChI is InChI=1S/C25H21N5O2/c1-15-12-13-21-20(14-15)16(2)27-25(28-21)30-24(26)29-22(17-8-4-3-5-9-17)18-10-6-7-11-19(18)23(31)32/h3-14H,1-2H3,(H,31,32)(H2,26,27,28,30)/b29-22+. The van der Waals surface area contributed by atoms with Crippen LogP contribution in [0.1, 0.15) is 32.7 Å². The predicted octanol–water partition coefficient (Wildman–Crippen LogP) is 4.43. The molecule has 0 bridgehead atoms. The van der Waals surface area contributed by atoms with Crippen LogP contribution in [-0.2, 0) is 0 Å². The number of hydrogen-bond donors (Lipinski definition) is 2.